The summed E-state index contributed by atoms with van der Waals surface area (Å²) in [5.41, 5.74) is 4.20. The molecule has 1 atom stereocenters. The molecule has 0 N–H and O–H groups in total. The second-order valence-corrected chi connectivity index (χ2v) is 7.68. The van der Waals surface area contributed by atoms with Crippen LogP contribution in [-0.2, 0) is 4.79 Å². The number of hydrogen-bond acceptors (Lipinski definition) is 5. The number of imide groups is 1. The predicted molar refractivity (Wildman–Crippen MR) is 125 cm³/mol. The van der Waals surface area contributed by atoms with Crippen molar-refractivity contribution in [2.45, 2.75) is 19.8 Å². The van der Waals surface area contributed by atoms with Crippen LogP contribution in [0.2, 0.25) is 0 Å². The third kappa shape index (κ3) is 3.87. The summed E-state index contributed by atoms with van der Waals surface area (Å²) in [5.74, 6) is -0.141. The van der Waals surface area contributed by atoms with E-state index < -0.39 is 5.92 Å². The van der Waals surface area contributed by atoms with Gasteiger partial charge in [-0.05, 0) is 67.4 Å². The van der Waals surface area contributed by atoms with Gasteiger partial charge in [0.2, 0.25) is 5.91 Å². The third-order valence-corrected chi connectivity index (χ3v) is 5.55. The van der Waals surface area contributed by atoms with Crippen molar-refractivity contribution in [1.82, 2.24) is 0 Å². The molecule has 0 aliphatic carbocycles. The number of benzene rings is 3. The van der Waals surface area contributed by atoms with E-state index in [0.717, 1.165) is 16.9 Å². The fourth-order valence-electron chi connectivity index (χ4n) is 3.87. The highest BCUT2D eigenvalue weighted by atomic mass is 16.5. The molecular weight excluding hydrogens is 404 g/mol. The number of fused-ring (bicyclic) bond motifs is 1. The Kier molecular flexibility index (Phi) is 5.77. The largest absolute Gasteiger partial charge is 0.497 e. The topological polar surface area (TPSA) is 68.2 Å². The molecule has 3 aromatic rings. The van der Waals surface area contributed by atoms with Crippen molar-refractivity contribution in [3.05, 3.63) is 82.9 Å². The zero-order valence-corrected chi connectivity index (χ0v) is 18.5. The molecule has 1 heterocycles. The Morgan fingerprint density at radius 3 is 2.22 bits per heavy atom. The lowest BCUT2D eigenvalue weighted by atomic mass is 9.88. The molecule has 1 aliphatic rings. The van der Waals surface area contributed by atoms with E-state index in [2.05, 4.69) is 4.99 Å². The van der Waals surface area contributed by atoms with Gasteiger partial charge in [0.05, 0.1) is 25.6 Å². The first-order chi connectivity index (χ1) is 15.4. The third-order valence-electron chi connectivity index (χ3n) is 5.55. The average molecular weight is 428 g/mol. The first-order valence-electron chi connectivity index (χ1n) is 10.2. The smallest absolute Gasteiger partial charge is 0.265 e. The van der Waals surface area contributed by atoms with E-state index in [9.17, 15) is 9.59 Å². The van der Waals surface area contributed by atoms with Gasteiger partial charge in [0.25, 0.3) is 5.91 Å². The highest BCUT2D eigenvalue weighted by Gasteiger charge is 2.39. The molecule has 32 heavy (non-hydrogen) atoms. The molecule has 0 spiro atoms. The van der Waals surface area contributed by atoms with Crippen LogP contribution in [0, 0.1) is 13.8 Å². The molecule has 1 aliphatic heterocycles. The van der Waals surface area contributed by atoms with Gasteiger partial charge >= 0.3 is 0 Å². The standard InChI is InChI=1S/C26H24N2O4/c1-16-5-12-24(17(2)13-16)28-25(29)22-14-20(32-4)10-11-21(22)23(26(28)30)15-27-18-6-8-19(31-3)9-7-18/h5-15,23H,1-4H3. The van der Waals surface area contributed by atoms with Crippen LogP contribution in [0.1, 0.15) is 33.0 Å². The van der Waals surface area contributed by atoms with Crippen molar-refractivity contribution in [2.75, 3.05) is 19.1 Å². The van der Waals surface area contributed by atoms with Gasteiger partial charge in [-0.1, -0.05) is 23.8 Å². The van der Waals surface area contributed by atoms with Gasteiger partial charge in [-0.25, -0.2) is 4.90 Å². The van der Waals surface area contributed by atoms with Crippen LogP contribution < -0.4 is 14.4 Å². The van der Waals surface area contributed by atoms with E-state index in [0.29, 0.717) is 28.3 Å². The molecule has 6 heteroatoms. The Balaban J connectivity index is 1.80. The minimum absolute atomic E-state index is 0.336. The van der Waals surface area contributed by atoms with Crippen molar-refractivity contribution in [1.29, 1.82) is 0 Å². The van der Waals surface area contributed by atoms with Crippen LogP contribution in [0.25, 0.3) is 0 Å². The lowest BCUT2D eigenvalue weighted by Gasteiger charge is -2.32. The van der Waals surface area contributed by atoms with Gasteiger partial charge in [-0.15, -0.1) is 0 Å². The lowest BCUT2D eigenvalue weighted by molar-refractivity contribution is -0.118. The summed E-state index contributed by atoms with van der Waals surface area (Å²) in [7, 11) is 3.15. The molecule has 2 amide bonds. The number of carbonyl (C=O) groups is 2. The van der Waals surface area contributed by atoms with Crippen LogP contribution in [0.3, 0.4) is 0 Å². The van der Waals surface area contributed by atoms with Crippen LogP contribution in [0.5, 0.6) is 11.5 Å². The maximum absolute atomic E-state index is 13.6. The second kappa shape index (κ2) is 8.67. The SMILES string of the molecule is COc1ccc(N=CC2C(=O)N(c3ccc(C)cc3C)C(=O)c3cc(OC)ccc32)cc1. The summed E-state index contributed by atoms with van der Waals surface area (Å²) in [6.07, 6.45) is 1.60. The average Bonchev–Trinajstić information content (AvgIpc) is 2.80. The highest BCUT2D eigenvalue weighted by Crippen LogP contribution is 2.35. The number of aryl methyl sites for hydroxylation is 2. The molecule has 162 valence electrons. The Morgan fingerprint density at radius 1 is 0.875 bits per heavy atom. The molecule has 0 fully saturated rings. The Labute approximate surface area is 187 Å². The van der Waals surface area contributed by atoms with Crippen molar-refractivity contribution in [3.63, 3.8) is 0 Å². The van der Waals surface area contributed by atoms with E-state index in [4.69, 9.17) is 9.47 Å². The lowest BCUT2D eigenvalue weighted by Crippen LogP contribution is -2.45. The normalized spacial score (nSPS) is 15.8. The summed E-state index contributed by atoms with van der Waals surface area (Å²) in [4.78, 5) is 32.8. The number of rotatable bonds is 5. The number of hydrogen-bond donors (Lipinski definition) is 0. The summed E-state index contributed by atoms with van der Waals surface area (Å²) >= 11 is 0. The van der Waals surface area contributed by atoms with E-state index in [-0.39, 0.29) is 11.8 Å². The number of carbonyl (C=O) groups excluding carboxylic acids is 2. The molecule has 0 aromatic heterocycles. The zero-order chi connectivity index (χ0) is 22.8. The second-order valence-electron chi connectivity index (χ2n) is 7.68. The molecule has 1 unspecified atom stereocenters. The van der Waals surface area contributed by atoms with E-state index in [1.165, 1.54) is 4.90 Å². The van der Waals surface area contributed by atoms with Crippen LogP contribution in [0.15, 0.2) is 65.7 Å². The van der Waals surface area contributed by atoms with Gasteiger partial charge in [0, 0.05) is 11.8 Å². The number of aliphatic imine (C=N–C) groups is 1. The zero-order valence-electron chi connectivity index (χ0n) is 18.5. The molecule has 0 saturated heterocycles. The maximum Gasteiger partial charge on any atom is 0.265 e. The molecule has 4 rings (SSSR count). The summed E-state index contributed by atoms with van der Waals surface area (Å²) in [5, 5.41) is 0. The molecule has 0 saturated carbocycles. The number of nitrogens with zero attached hydrogens (tertiary/aromatic N) is 2. The van der Waals surface area contributed by atoms with Crippen molar-refractivity contribution < 1.29 is 19.1 Å². The molecule has 0 bridgehead atoms. The Hall–Kier alpha value is -3.93. The van der Waals surface area contributed by atoms with Crippen molar-refractivity contribution in [2.24, 2.45) is 4.99 Å². The molecule has 3 aromatic carbocycles. The minimum atomic E-state index is -0.712. The van der Waals surface area contributed by atoms with Crippen LogP contribution >= 0.6 is 0 Å². The van der Waals surface area contributed by atoms with Crippen LogP contribution in [0.4, 0.5) is 11.4 Å². The van der Waals surface area contributed by atoms with Crippen LogP contribution in [-0.4, -0.2) is 32.2 Å². The van der Waals surface area contributed by atoms with Gasteiger partial charge in [-0.3, -0.25) is 14.6 Å². The first-order valence-corrected chi connectivity index (χ1v) is 10.2. The van der Waals surface area contributed by atoms with E-state index in [1.807, 2.05) is 44.2 Å². The van der Waals surface area contributed by atoms with Gasteiger partial charge < -0.3 is 9.47 Å². The van der Waals surface area contributed by atoms with E-state index in [1.54, 1.807) is 50.8 Å². The van der Waals surface area contributed by atoms with Crippen molar-refractivity contribution in [3.8, 4) is 11.5 Å². The summed E-state index contributed by atoms with van der Waals surface area (Å²) < 4.78 is 10.5. The Morgan fingerprint density at radius 2 is 1.56 bits per heavy atom. The number of ether oxygens (including phenoxy) is 2. The number of methoxy groups -OCH3 is 2. The highest BCUT2D eigenvalue weighted by molar-refractivity contribution is 6.29. The number of amides is 2. The monoisotopic (exact) mass is 428 g/mol. The molecule has 6 nitrogen and oxygen atoms in total. The Bertz CT molecular complexity index is 1210. The van der Waals surface area contributed by atoms with Gasteiger partial charge in [0.15, 0.2) is 0 Å². The minimum Gasteiger partial charge on any atom is -0.497 e. The van der Waals surface area contributed by atoms with Gasteiger partial charge in [0.1, 0.15) is 17.4 Å². The molecule has 0 radical (unpaired) electrons. The van der Waals surface area contributed by atoms with Crippen molar-refractivity contribution >= 4 is 29.4 Å². The predicted octanol–water partition coefficient (Wildman–Crippen LogP) is 4.99. The quantitative estimate of drug-likeness (QED) is 0.424. The summed E-state index contributed by atoms with van der Waals surface area (Å²) in [6, 6.07) is 18.1. The first kappa shape index (κ1) is 21.3. The fraction of sp³-hybridized carbons (Fsp3) is 0.192. The van der Waals surface area contributed by atoms with E-state index >= 15 is 0 Å². The maximum atomic E-state index is 13.6. The fourth-order valence-corrected chi connectivity index (χ4v) is 3.87. The number of anilines is 1. The van der Waals surface area contributed by atoms with Gasteiger partial charge in [-0.2, -0.15) is 0 Å². The molecular formula is C26H24N2O4. The summed E-state index contributed by atoms with van der Waals surface area (Å²) in [6.45, 7) is 3.87.